The van der Waals surface area contributed by atoms with E-state index in [1.54, 1.807) is 11.3 Å². The van der Waals surface area contributed by atoms with Gasteiger partial charge in [-0.3, -0.25) is 0 Å². The van der Waals surface area contributed by atoms with E-state index in [1.807, 2.05) is 18.2 Å². The Labute approximate surface area is 125 Å². The number of hydrogen-bond acceptors (Lipinski definition) is 3. The molecule has 3 rings (SSSR count). The van der Waals surface area contributed by atoms with Crippen LogP contribution in [-0.4, -0.2) is 5.11 Å². The van der Waals surface area contributed by atoms with Gasteiger partial charge in [-0.15, -0.1) is 11.3 Å². The van der Waals surface area contributed by atoms with Gasteiger partial charge in [0.05, 0.1) is 6.10 Å². The second-order valence-electron chi connectivity index (χ2n) is 4.91. The molecule has 2 nitrogen and oxygen atoms in total. The number of benzene rings is 1. The highest BCUT2D eigenvalue weighted by Crippen LogP contribution is 2.43. The van der Waals surface area contributed by atoms with Crippen LogP contribution in [-0.2, 0) is 0 Å². The predicted molar refractivity (Wildman–Crippen MR) is 80.9 cm³/mol. The summed E-state index contributed by atoms with van der Waals surface area (Å²) in [5.74, 6) is 0.787. The molecule has 0 aliphatic carbocycles. The van der Waals surface area contributed by atoms with Crippen molar-refractivity contribution >= 4 is 27.3 Å². The van der Waals surface area contributed by atoms with Crippen LogP contribution in [0.1, 0.15) is 39.5 Å². The van der Waals surface area contributed by atoms with Gasteiger partial charge in [0.25, 0.3) is 0 Å². The number of ether oxygens (including phenoxy) is 1. The molecule has 1 N–H and O–H groups in total. The van der Waals surface area contributed by atoms with E-state index in [-0.39, 0.29) is 6.10 Å². The van der Waals surface area contributed by atoms with Crippen molar-refractivity contribution in [1.29, 1.82) is 0 Å². The number of thiophene rings is 1. The zero-order chi connectivity index (χ0) is 13.6. The fourth-order valence-electron chi connectivity index (χ4n) is 2.58. The molecule has 19 heavy (non-hydrogen) atoms. The Morgan fingerprint density at radius 3 is 2.74 bits per heavy atom. The summed E-state index contributed by atoms with van der Waals surface area (Å²) in [5.41, 5.74) is 2.07. The smallest absolute Gasteiger partial charge is 0.128 e. The lowest BCUT2D eigenvalue weighted by molar-refractivity contribution is 0.0656. The summed E-state index contributed by atoms with van der Waals surface area (Å²) < 4.78 is 7.03. The first-order chi connectivity index (χ1) is 9.04. The minimum absolute atomic E-state index is 0.0476. The van der Waals surface area contributed by atoms with Crippen molar-refractivity contribution in [3.8, 4) is 5.75 Å². The number of aliphatic hydroxyl groups is 1. The standard InChI is InChI=1S/C15H15BrO2S/c1-8-5-11(9(2)19-8)15-7-13(17)12-6-10(16)3-4-14(12)18-15/h3-6,13,15,17H,7H2,1-2H3. The van der Waals surface area contributed by atoms with Gasteiger partial charge in [-0.05, 0) is 38.1 Å². The minimum atomic E-state index is -0.467. The summed E-state index contributed by atoms with van der Waals surface area (Å²) in [6.07, 6.45) is 0.0972. The number of halogens is 1. The molecule has 100 valence electrons. The Bertz CT molecular complexity index is 621. The third-order valence-electron chi connectivity index (χ3n) is 3.46. The lowest BCUT2D eigenvalue weighted by atomic mass is 9.95. The molecule has 1 aromatic heterocycles. The fourth-order valence-corrected chi connectivity index (χ4v) is 3.93. The first kappa shape index (κ1) is 13.2. The van der Waals surface area contributed by atoms with Crippen LogP contribution in [0.5, 0.6) is 5.75 Å². The van der Waals surface area contributed by atoms with Gasteiger partial charge in [-0.25, -0.2) is 0 Å². The normalized spacial score (nSPS) is 21.9. The molecule has 2 unspecified atom stereocenters. The van der Waals surface area contributed by atoms with Crippen LogP contribution in [0.4, 0.5) is 0 Å². The lowest BCUT2D eigenvalue weighted by Crippen LogP contribution is -2.19. The van der Waals surface area contributed by atoms with Crippen LogP contribution in [0.25, 0.3) is 0 Å². The fraction of sp³-hybridized carbons (Fsp3) is 0.333. The van der Waals surface area contributed by atoms with Crippen LogP contribution in [0.15, 0.2) is 28.7 Å². The minimum Gasteiger partial charge on any atom is -0.485 e. The molecule has 4 heteroatoms. The number of hydrogen-bond donors (Lipinski definition) is 1. The van der Waals surface area contributed by atoms with Gasteiger partial charge >= 0.3 is 0 Å². The van der Waals surface area contributed by atoms with Crippen LogP contribution in [0.2, 0.25) is 0 Å². The second-order valence-corrected chi connectivity index (χ2v) is 7.28. The van der Waals surface area contributed by atoms with Gasteiger partial charge in [0.15, 0.2) is 0 Å². The Kier molecular flexibility index (Phi) is 3.41. The van der Waals surface area contributed by atoms with E-state index in [0.717, 1.165) is 15.8 Å². The zero-order valence-electron chi connectivity index (χ0n) is 10.8. The molecule has 0 spiro atoms. The average molecular weight is 339 g/mol. The molecule has 0 radical (unpaired) electrons. The highest BCUT2D eigenvalue weighted by atomic mass is 79.9. The van der Waals surface area contributed by atoms with E-state index < -0.39 is 6.10 Å². The second kappa shape index (κ2) is 4.93. The zero-order valence-corrected chi connectivity index (χ0v) is 13.2. The largest absolute Gasteiger partial charge is 0.485 e. The number of aliphatic hydroxyl groups excluding tert-OH is 1. The van der Waals surface area contributed by atoms with Gasteiger partial charge < -0.3 is 9.84 Å². The van der Waals surface area contributed by atoms with Crippen LogP contribution >= 0.6 is 27.3 Å². The molecule has 2 aromatic rings. The predicted octanol–water partition coefficient (Wildman–Crippen LogP) is 4.68. The monoisotopic (exact) mass is 338 g/mol. The average Bonchev–Trinajstić information content (AvgIpc) is 2.69. The third-order valence-corrected chi connectivity index (χ3v) is 4.94. The molecule has 1 aliphatic heterocycles. The Morgan fingerprint density at radius 2 is 2.05 bits per heavy atom. The van der Waals surface area contributed by atoms with Crippen molar-refractivity contribution < 1.29 is 9.84 Å². The van der Waals surface area contributed by atoms with E-state index in [1.165, 1.54) is 15.3 Å². The molecule has 0 saturated heterocycles. The molecule has 2 heterocycles. The molecule has 0 fully saturated rings. The maximum Gasteiger partial charge on any atom is 0.128 e. The van der Waals surface area contributed by atoms with Crippen molar-refractivity contribution in [1.82, 2.24) is 0 Å². The molecule has 0 saturated carbocycles. The third kappa shape index (κ3) is 2.45. The number of rotatable bonds is 1. The Morgan fingerprint density at radius 1 is 1.26 bits per heavy atom. The molecule has 2 atom stereocenters. The summed E-state index contributed by atoms with van der Waals surface area (Å²) in [5, 5.41) is 10.3. The quantitative estimate of drug-likeness (QED) is 0.817. The summed E-state index contributed by atoms with van der Waals surface area (Å²) in [6, 6.07) is 7.96. The van der Waals surface area contributed by atoms with E-state index in [2.05, 4.69) is 35.8 Å². The molecular formula is C15H15BrO2S. The van der Waals surface area contributed by atoms with Crippen LogP contribution in [0, 0.1) is 13.8 Å². The summed E-state index contributed by atoms with van der Waals surface area (Å²) in [7, 11) is 0. The lowest BCUT2D eigenvalue weighted by Gasteiger charge is -2.30. The Hall–Kier alpha value is -0.840. The number of aryl methyl sites for hydroxylation is 2. The maximum atomic E-state index is 10.3. The summed E-state index contributed by atoms with van der Waals surface area (Å²) in [6.45, 7) is 4.21. The highest BCUT2D eigenvalue weighted by molar-refractivity contribution is 9.10. The molecule has 1 aromatic carbocycles. The first-order valence-corrected chi connectivity index (χ1v) is 7.86. The van der Waals surface area contributed by atoms with E-state index in [0.29, 0.717) is 6.42 Å². The molecular weight excluding hydrogens is 324 g/mol. The topological polar surface area (TPSA) is 29.5 Å². The van der Waals surface area contributed by atoms with Crippen molar-refractivity contribution in [2.75, 3.05) is 0 Å². The van der Waals surface area contributed by atoms with Gasteiger partial charge in [-0.2, -0.15) is 0 Å². The van der Waals surface area contributed by atoms with Crippen LogP contribution in [0.3, 0.4) is 0 Å². The summed E-state index contributed by atoms with van der Waals surface area (Å²) in [4.78, 5) is 2.56. The van der Waals surface area contributed by atoms with Gasteiger partial charge in [0.2, 0.25) is 0 Å². The van der Waals surface area contributed by atoms with Gasteiger partial charge in [0.1, 0.15) is 11.9 Å². The first-order valence-electron chi connectivity index (χ1n) is 6.25. The molecule has 0 amide bonds. The van der Waals surface area contributed by atoms with E-state index >= 15 is 0 Å². The summed E-state index contributed by atoms with van der Waals surface area (Å²) >= 11 is 5.21. The van der Waals surface area contributed by atoms with Crippen molar-refractivity contribution in [3.05, 3.63) is 49.6 Å². The SMILES string of the molecule is Cc1cc(C2CC(O)c3cc(Br)ccc3O2)c(C)s1. The van der Waals surface area contributed by atoms with Gasteiger partial charge in [-0.1, -0.05) is 15.9 Å². The maximum absolute atomic E-state index is 10.3. The van der Waals surface area contributed by atoms with Crippen molar-refractivity contribution in [3.63, 3.8) is 0 Å². The number of fused-ring (bicyclic) bond motifs is 1. The van der Waals surface area contributed by atoms with E-state index in [4.69, 9.17) is 4.74 Å². The molecule has 0 bridgehead atoms. The van der Waals surface area contributed by atoms with Crippen molar-refractivity contribution in [2.45, 2.75) is 32.5 Å². The molecule has 1 aliphatic rings. The van der Waals surface area contributed by atoms with Crippen molar-refractivity contribution in [2.24, 2.45) is 0 Å². The Balaban J connectivity index is 1.97. The van der Waals surface area contributed by atoms with Gasteiger partial charge in [0, 0.05) is 31.8 Å². The van der Waals surface area contributed by atoms with Crippen LogP contribution < -0.4 is 4.74 Å². The van der Waals surface area contributed by atoms with E-state index in [9.17, 15) is 5.11 Å². The highest BCUT2D eigenvalue weighted by Gasteiger charge is 2.29.